The number of aromatic nitrogens is 2. The first-order chi connectivity index (χ1) is 8.25. The van der Waals surface area contributed by atoms with Gasteiger partial charge in [-0.1, -0.05) is 25.5 Å². The van der Waals surface area contributed by atoms with Crippen LogP contribution in [0.3, 0.4) is 0 Å². The van der Waals surface area contributed by atoms with Crippen molar-refractivity contribution in [1.82, 2.24) is 9.55 Å². The molecular formula is C14H19N3. The van der Waals surface area contributed by atoms with Gasteiger partial charge < -0.3 is 9.88 Å². The van der Waals surface area contributed by atoms with E-state index in [2.05, 4.69) is 47.0 Å². The second-order valence-corrected chi connectivity index (χ2v) is 5.14. The lowest BCUT2D eigenvalue weighted by Gasteiger charge is -2.17. The monoisotopic (exact) mass is 229 g/mol. The summed E-state index contributed by atoms with van der Waals surface area (Å²) in [5.74, 6) is 1.76. The minimum absolute atomic E-state index is 0.588. The Morgan fingerprint density at radius 2 is 2.12 bits per heavy atom. The first-order valence-corrected chi connectivity index (χ1v) is 6.43. The Bertz CT molecular complexity index is 529. The van der Waals surface area contributed by atoms with E-state index in [4.69, 9.17) is 0 Å². The maximum absolute atomic E-state index is 4.66. The average Bonchev–Trinajstić information content (AvgIpc) is 2.87. The van der Waals surface area contributed by atoms with E-state index in [1.165, 1.54) is 24.8 Å². The number of aryl methyl sites for hydroxylation is 1. The van der Waals surface area contributed by atoms with Crippen LogP contribution >= 0.6 is 0 Å². The summed E-state index contributed by atoms with van der Waals surface area (Å²) >= 11 is 0. The van der Waals surface area contributed by atoms with E-state index in [9.17, 15) is 0 Å². The van der Waals surface area contributed by atoms with Crippen LogP contribution in [-0.4, -0.2) is 15.6 Å². The van der Waals surface area contributed by atoms with Gasteiger partial charge in [-0.25, -0.2) is 4.98 Å². The molecule has 2 atom stereocenters. The fraction of sp³-hybridized carbons (Fsp3) is 0.500. The number of anilines is 1. The molecule has 3 nitrogen and oxygen atoms in total. The van der Waals surface area contributed by atoms with Crippen LogP contribution in [0.4, 0.5) is 5.95 Å². The molecule has 1 aromatic carbocycles. The highest BCUT2D eigenvalue weighted by molar-refractivity contribution is 5.78. The van der Waals surface area contributed by atoms with E-state index in [0.717, 1.165) is 17.4 Å². The van der Waals surface area contributed by atoms with Gasteiger partial charge in [-0.3, -0.25) is 0 Å². The van der Waals surface area contributed by atoms with Gasteiger partial charge in [0.25, 0.3) is 0 Å². The molecule has 1 saturated carbocycles. The van der Waals surface area contributed by atoms with Crippen molar-refractivity contribution in [2.45, 2.75) is 32.2 Å². The van der Waals surface area contributed by atoms with Crippen molar-refractivity contribution >= 4 is 17.0 Å². The van der Waals surface area contributed by atoms with Crippen LogP contribution in [0, 0.1) is 5.92 Å². The quantitative estimate of drug-likeness (QED) is 0.857. The molecule has 3 heteroatoms. The first-order valence-electron chi connectivity index (χ1n) is 6.43. The van der Waals surface area contributed by atoms with Crippen LogP contribution in [0.1, 0.15) is 26.2 Å². The molecule has 0 amide bonds. The molecule has 0 spiro atoms. The van der Waals surface area contributed by atoms with Crippen molar-refractivity contribution in [1.29, 1.82) is 0 Å². The number of fused-ring (bicyclic) bond motifs is 1. The Kier molecular flexibility index (Phi) is 2.54. The van der Waals surface area contributed by atoms with Crippen molar-refractivity contribution in [3.05, 3.63) is 24.3 Å². The Balaban J connectivity index is 1.92. The SMILES string of the molecule is CC1CCCC1Nc1nc2ccccc2n1C. The molecule has 1 aliphatic rings. The second kappa shape index (κ2) is 4.06. The molecule has 2 unspecified atom stereocenters. The number of nitrogens with one attached hydrogen (secondary N) is 1. The molecule has 0 aliphatic heterocycles. The molecule has 3 rings (SSSR count). The van der Waals surface area contributed by atoms with Crippen molar-refractivity contribution in [3.63, 3.8) is 0 Å². The van der Waals surface area contributed by atoms with Crippen molar-refractivity contribution in [2.24, 2.45) is 13.0 Å². The highest BCUT2D eigenvalue weighted by atomic mass is 15.2. The maximum atomic E-state index is 4.66. The number of hydrogen-bond acceptors (Lipinski definition) is 2. The van der Waals surface area contributed by atoms with Gasteiger partial charge in [0.15, 0.2) is 0 Å². The fourth-order valence-electron chi connectivity index (χ4n) is 2.80. The molecule has 1 aliphatic carbocycles. The predicted octanol–water partition coefficient (Wildman–Crippen LogP) is 3.17. The summed E-state index contributed by atoms with van der Waals surface area (Å²) in [6.45, 7) is 2.33. The van der Waals surface area contributed by atoms with Gasteiger partial charge in [-0.05, 0) is 30.9 Å². The number of rotatable bonds is 2. The van der Waals surface area contributed by atoms with Gasteiger partial charge in [0, 0.05) is 13.1 Å². The van der Waals surface area contributed by atoms with Gasteiger partial charge >= 0.3 is 0 Å². The predicted molar refractivity (Wildman–Crippen MR) is 71.1 cm³/mol. The Hall–Kier alpha value is -1.51. The van der Waals surface area contributed by atoms with Gasteiger partial charge in [-0.2, -0.15) is 0 Å². The van der Waals surface area contributed by atoms with Crippen LogP contribution < -0.4 is 5.32 Å². The lowest BCUT2D eigenvalue weighted by atomic mass is 10.1. The van der Waals surface area contributed by atoms with Crippen molar-refractivity contribution in [2.75, 3.05) is 5.32 Å². The van der Waals surface area contributed by atoms with Gasteiger partial charge in [0.05, 0.1) is 11.0 Å². The van der Waals surface area contributed by atoms with Crippen LogP contribution in [0.15, 0.2) is 24.3 Å². The number of hydrogen-bond donors (Lipinski definition) is 1. The van der Waals surface area contributed by atoms with Crippen LogP contribution in [0.2, 0.25) is 0 Å². The van der Waals surface area contributed by atoms with Gasteiger partial charge in [0.2, 0.25) is 5.95 Å². The second-order valence-electron chi connectivity index (χ2n) is 5.14. The average molecular weight is 229 g/mol. The molecule has 0 radical (unpaired) electrons. The van der Waals surface area contributed by atoms with Crippen LogP contribution in [-0.2, 0) is 7.05 Å². The van der Waals surface area contributed by atoms with Gasteiger partial charge in [-0.15, -0.1) is 0 Å². The zero-order valence-corrected chi connectivity index (χ0v) is 10.5. The molecule has 0 saturated heterocycles. The normalized spacial score (nSPS) is 24.4. The molecule has 1 fully saturated rings. The lowest BCUT2D eigenvalue weighted by molar-refractivity contribution is 0.551. The third-order valence-corrected chi connectivity index (χ3v) is 3.96. The van der Waals surface area contributed by atoms with Crippen molar-refractivity contribution < 1.29 is 0 Å². The maximum Gasteiger partial charge on any atom is 0.203 e. The smallest absolute Gasteiger partial charge is 0.203 e. The summed E-state index contributed by atoms with van der Waals surface area (Å²) in [5.41, 5.74) is 2.27. The largest absolute Gasteiger partial charge is 0.353 e. The van der Waals surface area contributed by atoms with E-state index in [1.54, 1.807) is 0 Å². The third-order valence-electron chi connectivity index (χ3n) is 3.96. The number of nitrogens with zero attached hydrogens (tertiary/aromatic N) is 2. The first kappa shape index (κ1) is 10.6. The van der Waals surface area contributed by atoms with E-state index in [0.29, 0.717) is 6.04 Å². The molecular weight excluding hydrogens is 210 g/mol. The summed E-state index contributed by atoms with van der Waals surface area (Å²) in [6.07, 6.45) is 3.94. The van der Waals surface area contributed by atoms with E-state index < -0.39 is 0 Å². The number of benzene rings is 1. The van der Waals surface area contributed by atoms with E-state index in [-0.39, 0.29) is 0 Å². The lowest BCUT2D eigenvalue weighted by Crippen LogP contribution is -2.23. The van der Waals surface area contributed by atoms with Crippen LogP contribution in [0.25, 0.3) is 11.0 Å². The number of imidazole rings is 1. The van der Waals surface area contributed by atoms with E-state index >= 15 is 0 Å². The molecule has 2 aromatic rings. The Morgan fingerprint density at radius 3 is 2.82 bits per heavy atom. The Labute approximate surface area is 102 Å². The highest BCUT2D eigenvalue weighted by Gasteiger charge is 2.24. The molecule has 90 valence electrons. The molecule has 1 aromatic heterocycles. The fourth-order valence-corrected chi connectivity index (χ4v) is 2.80. The standard InChI is InChI=1S/C14H19N3/c1-10-6-5-8-11(10)15-14-16-12-7-3-4-9-13(12)17(14)2/h3-4,7,9-11H,5-6,8H2,1-2H3,(H,15,16). The molecule has 17 heavy (non-hydrogen) atoms. The summed E-state index contributed by atoms with van der Waals surface area (Å²) < 4.78 is 2.15. The topological polar surface area (TPSA) is 29.9 Å². The highest BCUT2D eigenvalue weighted by Crippen LogP contribution is 2.28. The molecule has 1 heterocycles. The third kappa shape index (κ3) is 1.79. The van der Waals surface area contributed by atoms with Crippen LogP contribution in [0.5, 0.6) is 0 Å². The zero-order valence-electron chi connectivity index (χ0n) is 10.5. The molecule has 0 bridgehead atoms. The minimum atomic E-state index is 0.588. The summed E-state index contributed by atoms with van der Waals surface area (Å²) in [4.78, 5) is 4.66. The Morgan fingerprint density at radius 1 is 1.29 bits per heavy atom. The molecule has 1 N–H and O–H groups in total. The summed E-state index contributed by atoms with van der Waals surface area (Å²) in [6, 6.07) is 8.87. The minimum Gasteiger partial charge on any atom is -0.353 e. The van der Waals surface area contributed by atoms with E-state index in [1.807, 2.05) is 6.07 Å². The number of para-hydroxylation sites is 2. The van der Waals surface area contributed by atoms with Crippen molar-refractivity contribution in [3.8, 4) is 0 Å². The van der Waals surface area contributed by atoms with Gasteiger partial charge in [0.1, 0.15) is 0 Å². The summed E-state index contributed by atoms with van der Waals surface area (Å²) in [5, 5.41) is 3.60. The zero-order chi connectivity index (χ0) is 11.8. The summed E-state index contributed by atoms with van der Waals surface area (Å²) in [7, 11) is 2.08.